The first-order valence-corrected chi connectivity index (χ1v) is 8.13. The number of likely N-dealkylation sites (N-methyl/N-ethyl adjacent to an activating group) is 1. The number of hydrogen-bond acceptors (Lipinski definition) is 2. The molecule has 0 unspecified atom stereocenters. The highest BCUT2D eigenvalue weighted by Gasteiger charge is 2.24. The first-order valence-electron chi connectivity index (χ1n) is 8.13. The Morgan fingerprint density at radius 1 is 1.35 bits per heavy atom. The highest BCUT2D eigenvalue weighted by molar-refractivity contribution is 5.90. The van der Waals surface area contributed by atoms with Crippen molar-refractivity contribution in [3.8, 4) is 11.3 Å². The second-order valence-corrected chi connectivity index (χ2v) is 6.39. The molecule has 0 radical (unpaired) electrons. The summed E-state index contributed by atoms with van der Waals surface area (Å²) in [5.74, 6) is -0.185. The number of halogens is 1. The van der Waals surface area contributed by atoms with Gasteiger partial charge in [0.25, 0.3) is 0 Å². The Kier molecular flexibility index (Phi) is 3.62. The van der Waals surface area contributed by atoms with Crippen LogP contribution >= 0.6 is 0 Å². The van der Waals surface area contributed by atoms with Gasteiger partial charge in [-0.25, -0.2) is 4.39 Å². The minimum atomic E-state index is -0.185. The minimum Gasteiger partial charge on any atom is -0.354 e. The molecule has 1 saturated heterocycles. The lowest BCUT2D eigenvalue weighted by molar-refractivity contribution is 0.310. The van der Waals surface area contributed by atoms with Gasteiger partial charge in [-0.15, -0.1) is 0 Å². The van der Waals surface area contributed by atoms with E-state index in [9.17, 15) is 4.39 Å². The molecule has 1 aromatic carbocycles. The Bertz CT molecular complexity index is 825. The van der Waals surface area contributed by atoms with Gasteiger partial charge in [0.15, 0.2) is 0 Å². The molecule has 0 spiro atoms. The average Bonchev–Trinajstić information content (AvgIpc) is 3.13. The van der Waals surface area contributed by atoms with E-state index in [1.165, 1.54) is 24.5 Å². The number of rotatable bonds is 3. The molecular formula is C19H20FN3. The average molecular weight is 309 g/mol. The number of likely N-dealkylation sites (tertiary alicyclic amines) is 1. The van der Waals surface area contributed by atoms with Gasteiger partial charge in [0.1, 0.15) is 5.82 Å². The fourth-order valence-corrected chi connectivity index (χ4v) is 3.66. The number of nitrogens with one attached hydrogen (secondary N) is 1. The zero-order valence-corrected chi connectivity index (χ0v) is 13.2. The number of hydrogen-bond donors (Lipinski definition) is 1. The Hall–Kier alpha value is -2.20. The van der Waals surface area contributed by atoms with Crippen LogP contribution in [0.5, 0.6) is 0 Å². The molecule has 0 amide bonds. The number of H-pyrrole nitrogens is 1. The number of benzene rings is 1. The fourth-order valence-electron chi connectivity index (χ4n) is 3.66. The van der Waals surface area contributed by atoms with E-state index in [1.54, 1.807) is 12.3 Å². The monoisotopic (exact) mass is 309 g/mol. The molecule has 0 saturated carbocycles. The summed E-state index contributed by atoms with van der Waals surface area (Å²) in [4.78, 5) is 10.1. The van der Waals surface area contributed by atoms with Gasteiger partial charge in [-0.3, -0.25) is 4.98 Å². The topological polar surface area (TPSA) is 31.9 Å². The van der Waals surface area contributed by atoms with Crippen LogP contribution in [0.25, 0.3) is 22.2 Å². The molecular weight excluding hydrogens is 289 g/mol. The van der Waals surface area contributed by atoms with Gasteiger partial charge in [-0.1, -0.05) is 0 Å². The van der Waals surface area contributed by atoms with Gasteiger partial charge >= 0.3 is 0 Å². The number of pyridine rings is 1. The van der Waals surface area contributed by atoms with Gasteiger partial charge in [0, 0.05) is 34.9 Å². The second kappa shape index (κ2) is 5.78. The summed E-state index contributed by atoms with van der Waals surface area (Å²) in [6.07, 6.45) is 7.01. The smallest absolute Gasteiger partial charge is 0.123 e. The molecule has 1 atom stereocenters. The molecule has 3 heterocycles. The van der Waals surface area contributed by atoms with E-state index in [-0.39, 0.29) is 5.82 Å². The van der Waals surface area contributed by atoms with Crippen molar-refractivity contribution in [1.29, 1.82) is 0 Å². The molecule has 3 aromatic rings. The quantitative estimate of drug-likeness (QED) is 0.793. The lowest BCUT2D eigenvalue weighted by Crippen LogP contribution is -2.26. The Balaban J connectivity index is 1.86. The Morgan fingerprint density at radius 3 is 3.00 bits per heavy atom. The van der Waals surface area contributed by atoms with Gasteiger partial charge in [-0.05, 0) is 68.8 Å². The third-order valence-corrected chi connectivity index (χ3v) is 4.93. The lowest BCUT2D eigenvalue weighted by atomic mass is 9.98. The normalized spacial score (nSPS) is 18.8. The maximum Gasteiger partial charge on any atom is 0.123 e. The molecule has 4 heteroatoms. The van der Waals surface area contributed by atoms with E-state index in [0.717, 1.165) is 35.1 Å². The van der Waals surface area contributed by atoms with Crippen molar-refractivity contribution in [1.82, 2.24) is 14.9 Å². The van der Waals surface area contributed by atoms with Gasteiger partial charge in [0.2, 0.25) is 0 Å². The summed E-state index contributed by atoms with van der Waals surface area (Å²) in [5, 5.41) is 0.990. The van der Waals surface area contributed by atoms with Crippen molar-refractivity contribution in [2.24, 2.45) is 0 Å². The number of fused-ring (bicyclic) bond motifs is 1. The van der Waals surface area contributed by atoms with Crippen LogP contribution in [-0.2, 0) is 6.42 Å². The molecule has 3 nitrogen and oxygen atoms in total. The Morgan fingerprint density at radius 2 is 2.26 bits per heavy atom. The summed E-state index contributed by atoms with van der Waals surface area (Å²) < 4.78 is 13.8. The standard InChI is InChI=1S/C19H20FN3/c1-23-9-3-5-15(23)11-17-16-10-14(20)6-7-18(16)22-19(17)13-4-2-8-21-12-13/h2,4,6-8,10,12,15,22H,3,5,9,11H2,1H3/t15-/m1/s1. The molecule has 118 valence electrons. The summed E-state index contributed by atoms with van der Waals surface area (Å²) in [7, 11) is 2.18. The van der Waals surface area contributed by atoms with Crippen molar-refractivity contribution in [3.63, 3.8) is 0 Å². The van der Waals surface area contributed by atoms with Crippen molar-refractivity contribution in [2.45, 2.75) is 25.3 Å². The van der Waals surface area contributed by atoms with Crippen LogP contribution < -0.4 is 0 Å². The maximum atomic E-state index is 13.8. The number of nitrogens with zero attached hydrogens (tertiary/aromatic N) is 2. The molecule has 1 N–H and O–H groups in total. The van der Waals surface area contributed by atoms with E-state index in [0.29, 0.717) is 6.04 Å². The SMILES string of the molecule is CN1CCC[C@@H]1Cc1c(-c2cccnc2)[nH]c2ccc(F)cc12. The second-order valence-electron chi connectivity index (χ2n) is 6.39. The van der Waals surface area contributed by atoms with Gasteiger partial charge in [0.05, 0.1) is 5.69 Å². The number of aromatic amines is 1. The third kappa shape index (κ3) is 2.63. The van der Waals surface area contributed by atoms with Crippen molar-refractivity contribution in [2.75, 3.05) is 13.6 Å². The van der Waals surface area contributed by atoms with E-state index in [4.69, 9.17) is 0 Å². The fraction of sp³-hybridized carbons (Fsp3) is 0.316. The first kappa shape index (κ1) is 14.4. The van der Waals surface area contributed by atoms with Crippen LogP contribution in [0, 0.1) is 5.82 Å². The molecule has 0 bridgehead atoms. The number of aromatic nitrogens is 2. The maximum absolute atomic E-state index is 13.8. The predicted molar refractivity (Wildman–Crippen MR) is 90.8 cm³/mol. The van der Waals surface area contributed by atoms with Crippen LogP contribution in [0.4, 0.5) is 4.39 Å². The van der Waals surface area contributed by atoms with Crippen LogP contribution in [-0.4, -0.2) is 34.5 Å². The van der Waals surface area contributed by atoms with Crippen molar-refractivity contribution < 1.29 is 4.39 Å². The molecule has 1 aliphatic heterocycles. The zero-order valence-electron chi connectivity index (χ0n) is 13.2. The van der Waals surface area contributed by atoms with Crippen LogP contribution in [0.1, 0.15) is 18.4 Å². The van der Waals surface area contributed by atoms with Crippen LogP contribution in [0.2, 0.25) is 0 Å². The highest BCUT2D eigenvalue weighted by Crippen LogP contribution is 2.33. The molecule has 1 aliphatic rings. The molecule has 0 aliphatic carbocycles. The summed E-state index contributed by atoms with van der Waals surface area (Å²) in [6.45, 7) is 1.14. The van der Waals surface area contributed by atoms with Crippen molar-refractivity contribution >= 4 is 10.9 Å². The summed E-state index contributed by atoms with van der Waals surface area (Å²) in [5.41, 5.74) is 4.31. The van der Waals surface area contributed by atoms with E-state index in [1.807, 2.05) is 18.3 Å². The van der Waals surface area contributed by atoms with E-state index in [2.05, 4.69) is 28.0 Å². The van der Waals surface area contributed by atoms with E-state index < -0.39 is 0 Å². The predicted octanol–water partition coefficient (Wildman–Crippen LogP) is 4.01. The third-order valence-electron chi connectivity index (χ3n) is 4.93. The van der Waals surface area contributed by atoms with Gasteiger partial charge < -0.3 is 9.88 Å². The highest BCUT2D eigenvalue weighted by atomic mass is 19.1. The molecule has 2 aromatic heterocycles. The van der Waals surface area contributed by atoms with Crippen molar-refractivity contribution in [3.05, 3.63) is 54.1 Å². The largest absolute Gasteiger partial charge is 0.354 e. The van der Waals surface area contributed by atoms with Crippen LogP contribution in [0.3, 0.4) is 0 Å². The summed E-state index contributed by atoms with van der Waals surface area (Å²) >= 11 is 0. The van der Waals surface area contributed by atoms with Crippen LogP contribution in [0.15, 0.2) is 42.7 Å². The molecule has 23 heavy (non-hydrogen) atoms. The molecule has 1 fully saturated rings. The lowest BCUT2D eigenvalue weighted by Gasteiger charge is -2.19. The molecule has 4 rings (SSSR count). The first-order chi connectivity index (χ1) is 11.2. The minimum absolute atomic E-state index is 0.185. The van der Waals surface area contributed by atoms with Gasteiger partial charge in [-0.2, -0.15) is 0 Å². The van der Waals surface area contributed by atoms with E-state index >= 15 is 0 Å². The zero-order chi connectivity index (χ0) is 15.8. The summed E-state index contributed by atoms with van der Waals surface area (Å²) in [6, 6.07) is 9.50. The Labute approximate surface area is 135 Å².